The highest BCUT2D eigenvalue weighted by Crippen LogP contribution is 2.23. The number of nitrogens with one attached hydrogen (secondary N) is 2. The van der Waals surface area contributed by atoms with E-state index in [4.69, 9.17) is 0 Å². The highest BCUT2D eigenvalue weighted by molar-refractivity contribution is 7.90. The number of hydrogen-bond acceptors (Lipinski definition) is 4. The first kappa shape index (κ1) is 27.0. The molecule has 0 fully saturated rings. The van der Waals surface area contributed by atoms with Crippen LogP contribution in [0.1, 0.15) is 37.8 Å². The average molecular weight is 519 g/mol. The number of hydrogen-bond donors (Lipinski definition) is 2. The van der Waals surface area contributed by atoms with Gasteiger partial charge in [0.2, 0.25) is 20.0 Å². The van der Waals surface area contributed by atoms with Gasteiger partial charge in [0, 0.05) is 13.1 Å². The summed E-state index contributed by atoms with van der Waals surface area (Å²) < 4.78 is 67.4. The number of halogens is 1. The summed E-state index contributed by atoms with van der Waals surface area (Å²) in [6.45, 7) is 5.78. The number of sulfonamides is 2. The van der Waals surface area contributed by atoms with E-state index in [2.05, 4.69) is 9.44 Å². The van der Waals surface area contributed by atoms with Crippen LogP contribution in [0, 0.1) is 5.82 Å². The third-order valence-electron chi connectivity index (χ3n) is 5.81. The van der Waals surface area contributed by atoms with Crippen molar-refractivity contribution in [2.45, 2.75) is 43.3 Å². The van der Waals surface area contributed by atoms with Crippen molar-refractivity contribution in [1.29, 1.82) is 0 Å². The lowest BCUT2D eigenvalue weighted by molar-refractivity contribution is 0.557. The van der Waals surface area contributed by atoms with Crippen molar-refractivity contribution in [3.8, 4) is 11.1 Å². The molecule has 0 amide bonds. The minimum Gasteiger partial charge on any atom is -0.214 e. The van der Waals surface area contributed by atoms with Gasteiger partial charge in [-0.1, -0.05) is 67.6 Å². The first-order valence-electron chi connectivity index (χ1n) is 11.4. The molecular formula is C26H31FN2O4S2. The molecule has 6 nitrogen and oxygen atoms in total. The van der Waals surface area contributed by atoms with Gasteiger partial charge in [-0.2, -0.15) is 0 Å². The van der Waals surface area contributed by atoms with Crippen LogP contribution in [0.25, 0.3) is 11.1 Å². The van der Waals surface area contributed by atoms with E-state index < -0.39 is 31.1 Å². The molecule has 0 radical (unpaired) electrons. The topological polar surface area (TPSA) is 92.3 Å². The zero-order valence-electron chi connectivity index (χ0n) is 20.0. The van der Waals surface area contributed by atoms with Crippen molar-refractivity contribution in [3.63, 3.8) is 0 Å². The van der Waals surface area contributed by atoms with E-state index in [1.165, 1.54) is 18.2 Å². The molecule has 2 N–H and O–H groups in total. The van der Waals surface area contributed by atoms with E-state index in [0.29, 0.717) is 13.0 Å². The predicted octanol–water partition coefficient (Wildman–Crippen LogP) is 4.45. The summed E-state index contributed by atoms with van der Waals surface area (Å²) in [6.07, 6.45) is 0.469. The first-order chi connectivity index (χ1) is 16.5. The van der Waals surface area contributed by atoms with Crippen LogP contribution in [0.4, 0.5) is 4.39 Å². The first-order valence-corrected chi connectivity index (χ1v) is 14.4. The summed E-state index contributed by atoms with van der Waals surface area (Å²) in [6, 6.07) is 21.1. The van der Waals surface area contributed by atoms with Crippen LogP contribution in [0.3, 0.4) is 0 Å². The van der Waals surface area contributed by atoms with Gasteiger partial charge in [0.25, 0.3) is 0 Å². The minimum atomic E-state index is -3.90. The molecule has 3 rings (SSSR count). The Kier molecular flexibility index (Phi) is 8.82. The van der Waals surface area contributed by atoms with Gasteiger partial charge in [0.05, 0.1) is 5.25 Å². The average Bonchev–Trinajstić information content (AvgIpc) is 2.83. The van der Waals surface area contributed by atoms with Crippen LogP contribution in [0.5, 0.6) is 0 Å². The molecule has 0 aliphatic rings. The van der Waals surface area contributed by atoms with Crippen LogP contribution in [0.2, 0.25) is 0 Å². The summed E-state index contributed by atoms with van der Waals surface area (Å²) in [4.78, 5) is -0.356. The molecule has 35 heavy (non-hydrogen) atoms. The maximum absolute atomic E-state index is 13.8. The van der Waals surface area contributed by atoms with Crippen LogP contribution in [0.15, 0.2) is 77.7 Å². The van der Waals surface area contributed by atoms with Gasteiger partial charge in [0.1, 0.15) is 10.7 Å². The summed E-state index contributed by atoms with van der Waals surface area (Å²) in [5.74, 6) is -0.741. The normalized spacial score (nSPS) is 13.2. The molecule has 0 bridgehead atoms. The summed E-state index contributed by atoms with van der Waals surface area (Å²) in [5.41, 5.74) is 4.03. The molecule has 0 spiro atoms. The second-order valence-corrected chi connectivity index (χ2v) is 12.8. The van der Waals surface area contributed by atoms with Gasteiger partial charge < -0.3 is 0 Å². The maximum atomic E-state index is 13.8. The van der Waals surface area contributed by atoms with Crippen LogP contribution in [-0.4, -0.2) is 35.2 Å². The largest absolute Gasteiger partial charge is 0.243 e. The molecule has 0 aliphatic carbocycles. The van der Waals surface area contributed by atoms with E-state index in [9.17, 15) is 21.2 Å². The Labute approximate surface area is 207 Å². The highest BCUT2D eigenvalue weighted by atomic mass is 32.2. The van der Waals surface area contributed by atoms with Gasteiger partial charge in [-0.25, -0.2) is 30.7 Å². The van der Waals surface area contributed by atoms with Gasteiger partial charge in [-0.05, 0) is 60.6 Å². The Morgan fingerprint density at radius 3 is 1.91 bits per heavy atom. The fourth-order valence-electron chi connectivity index (χ4n) is 3.46. The molecule has 0 aliphatic heterocycles. The van der Waals surface area contributed by atoms with Crippen molar-refractivity contribution < 1.29 is 21.2 Å². The van der Waals surface area contributed by atoms with Gasteiger partial charge >= 0.3 is 0 Å². The minimum absolute atomic E-state index is 0.0353. The molecule has 0 heterocycles. The molecular weight excluding hydrogens is 487 g/mol. The summed E-state index contributed by atoms with van der Waals surface area (Å²) in [5, 5.41) is -0.466. The number of benzene rings is 3. The fraction of sp³-hybridized carbons (Fsp3) is 0.308. The van der Waals surface area contributed by atoms with Crippen molar-refractivity contribution in [2.24, 2.45) is 0 Å². The zero-order valence-corrected chi connectivity index (χ0v) is 21.7. The van der Waals surface area contributed by atoms with E-state index in [-0.39, 0.29) is 17.4 Å². The lowest BCUT2D eigenvalue weighted by Crippen LogP contribution is -2.33. The lowest BCUT2D eigenvalue weighted by Gasteiger charge is -2.15. The third kappa shape index (κ3) is 7.20. The molecule has 1 unspecified atom stereocenters. The van der Waals surface area contributed by atoms with Crippen molar-refractivity contribution >= 4 is 20.0 Å². The summed E-state index contributed by atoms with van der Waals surface area (Å²) in [7, 11) is -7.20. The molecule has 3 aromatic rings. The Morgan fingerprint density at radius 1 is 0.771 bits per heavy atom. The Balaban J connectivity index is 1.56. The molecule has 3 aromatic carbocycles. The van der Waals surface area contributed by atoms with Crippen molar-refractivity contribution in [3.05, 3.63) is 89.7 Å². The lowest BCUT2D eigenvalue weighted by atomic mass is 9.97. The second-order valence-electron chi connectivity index (χ2n) is 8.74. The molecule has 9 heteroatoms. The SMILES string of the molecule is CC(CNS(=O)(=O)C(C)C)c1ccc(-c2ccc(CCNS(=O)(=O)c3ccccc3F)cc2)cc1. The summed E-state index contributed by atoms with van der Waals surface area (Å²) >= 11 is 0. The molecule has 1 atom stereocenters. The van der Waals surface area contributed by atoms with Crippen LogP contribution >= 0.6 is 0 Å². The molecule has 0 saturated heterocycles. The van der Waals surface area contributed by atoms with Gasteiger partial charge in [-0.3, -0.25) is 0 Å². The van der Waals surface area contributed by atoms with Gasteiger partial charge in [0.15, 0.2) is 0 Å². The van der Waals surface area contributed by atoms with Crippen molar-refractivity contribution in [1.82, 2.24) is 9.44 Å². The van der Waals surface area contributed by atoms with E-state index >= 15 is 0 Å². The van der Waals surface area contributed by atoms with Crippen LogP contribution < -0.4 is 9.44 Å². The molecule has 188 valence electrons. The fourth-order valence-corrected chi connectivity index (χ4v) is 5.39. The number of rotatable bonds is 11. The van der Waals surface area contributed by atoms with E-state index in [1.54, 1.807) is 13.8 Å². The predicted molar refractivity (Wildman–Crippen MR) is 138 cm³/mol. The maximum Gasteiger partial charge on any atom is 0.243 e. The Morgan fingerprint density at radius 2 is 1.34 bits per heavy atom. The molecule has 0 aromatic heterocycles. The zero-order chi connectivity index (χ0) is 25.6. The quantitative estimate of drug-likeness (QED) is 0.392. The Hall–Kier alpha value is -2.59. The van der Waals surface area contributed by atoms with Crippen molar-refractivity contribution in [2.75, 3.05) is 13.1 Å². The smallest absolute Gasteiger partial charge is 0.214 e. The molecule has 0 saturated carbocycles. The van der Waals surface area contributed by atoms with E-state index in [0.717, 1.165) is 28.3 Å². The van der Waals surface area contributed by atoms with Gasteiger partial charge in [-0.15, -0.1) is 0 Å². The monoisotopic (exact) mass is 518 g/mol. The highest BCUT2D eigenvalue weighted by Gasteiger charge is 2.18. The van der Waals surface area contributed by atoms with Crippen LogP contribution in [-0.2, 0) is 26.5 Å². The standard InChI is InChI=1S/C26H31FN2O4S2/c1-19(2)34(30,31)29-18-20(3)22-12-14-24(15-13-22)23-10-8-21(9-11-23)16-17-28-35(32,33)26-7-5-4-6-25(26)27/h4-15,19-20,28-29H,16-18H2,1-3H3. The third-order valence-corrected chi connectivity index (χ3v) is 9.11. The Bertz CT molecular complexity index is 1340. The van der Waals surface area contributed by atoms with E-state index in [1.807, 2.05) is 55.5 Å². The second kappa shape index (κ2) is 11.4.